The first-order valence-corrected chi connectivity index (χ1v) is 7.71. The summed E-state index contributed by atoms with van der Waals surface area (Å²) >= 11 is 6.19. The molecule has 0 aliphatic heterocycles. The van der Waals surface area contributed by atoms with Crippen molar-refractivity contribution in [2.45, 2.75) is 44.7 Å². The number of nitrogens with one attached hydrogen (secondary N) is 1. The number of halogens is 1. The van der Waals surface area contributed by atoms with Gasteiger partial charge in [-0.1, -0.05) is 42.6 Å². The molecule has 1 aromatic carbocycles. The van der Waals surface area contributed by atoms with E-state index in [1.54, 1.807) is 4.90 Å². The molecule has 2 rings (SSSR count). The highest BCUT2D eigenvalue weighted by Crippen LogP contribution is 2.26. The summed E-state index contributed by atoms with van der Waals surface area (Å²) < 4.78 is 0. The summed E-state index contributed by atoms with van der Waals surface area (Å²) in [6, 6.07) is 8.20. The monoisotopic (exact) mass is 294 g/mol. The fourth-order valence-corrected chi connectivity index (χ4v) is 3.02. The zero-order valence-corrected chi connectivity index (χ0v) is 13.0. The van der Waals surface area contributed by atoms with Crippen LogP contribution in [0.5, 0.6) is 0 Å². The molecule has 0 saturated heterocycles. The van der Waals surface area contributed by atoms with Crippen molar-refractivity contribution in [1.29, 1.82) is 0 Å². The largest absolute Gasteiger partial charge is 0.338 e. The van der Waals surface area contributed by atoms with E-state index < -0.39 is 0 Å². The van der Waals surface area contributed by atoms with Crippen LogP contribution in [0, 0.1) is 0 Å². The Bertz CT molecular complexity index is 458. The molecule has 1 fully saturated rings. The lowest BCUT2D eigenvalue weighted by Crippen LogP contribution is -2.40. The van der Waals surface area contributed by atoms with Gasteiger partial charge < -0.3 is 10.2 Å². The lowest BCUT2D eigenvalue weighted by Gasteiger charge is -2.27. The van der Waals surface area contributed by atoms with Gasteiger partial charge in [-0.2, -0.15) is 0 Å². The number of nitrogens with zero attached hydrogens (tertiary/aromatic N) is 1. The standard InChI is InChI=1S/C16H23ClN2O/c1-12(14-9-5-6-10-15(14)17)19(2)16(20)11-18-13-7-3-4-8-13/h5-6,9-10,12-13,18H,3-4,7-8,11H2,1-2H3. The van der Waals surface area contributed by atoms with Gasteiger partial charge in [0.2, 0.25) is 5.91 Å². The lowest BCUT2D eigenvalue weighted by atomic mass is 10.1. The first-order valence-electron chi connectivity index (χ1n) is 7.33. The number of likely N-dealkylation sites (N-methyl/N-ethyl adjacent to an activating group) is 1. The zero-order chi connectivity index (χ0) is 14.5. The Labute approximate surface area is 126 Å². The van der Waals surface area contributed by atoms with Crippen LogP contribution in [0.2, 0.25) is 5.02 Å². The maximum atomic E-state index is 12.2. The molecule has 0 heterocycles. The first-order chi connectivity index (χ1) is 9.59. The molecule has 1 amide bonds. The van der Waals surface area contributed by atoms with Crippen molar-refractivity contribution in [2.75, 3.05) is 13.6 Å². The van der Waals surface area contributed by atoms with Gasteiger partial charge in [0.25, 0.3) is 0 Å². The third-order valence-corrected chi connectivity index (χ3v) is 4.57. The van der Waals surface area contributed by atoms with Crippen molar-refractivity contribution >= 4 is 17.5 Å². The van der Waals surface area contributed by atoms with Gasteiger partial charge in [0.15, 0.2) is 0 Å². The number of carbonyl (C=O) groups excluding carboxylic acids is 1. The molecule has 1 aliphatic rings. The molecule has 4 heteroatoms. The lowest BCUT2D eigenvalue weighted by molar-refractivity contribution is -0.131. The van der Waals surface area contributed by atoms with Crippen LogP contribution in [0.4, 0.5) is 0 Å². The number of benzene rings is 1. The van der Waals surface area contributed by atoms with Crippen LogP contribution in [-0.4, -0.2) is 30.4 Å². The minimum atomic E-state index is -0.0124. The average Bonchev–Trinajstić information content (AvgIpc) is 2.97. The molecule has 1 atom stereocenters. The number of rotatable bonds is 5. The second-order valence-electron chi connectivity index (χ2n) is 5.56. The summed E-state index contributed by atoms with van der Waals surface area (Å²) in [6.07, 6.45) is 4.93. The highest BCUT2D eigenvalue weighted by molar-refractivity contribution is 6.31. The summed E-state index contributed by atoms with van der Waals surface area (Å²) in [4.78, 5) is 14.0. The van der Waals surface area contributed by atoms with Gasteiger partial charge in [-0.25, -0.2) is 0 Å². The van der Waals surface area contributed by atoms with Crippen LogP contribution >= 0.6 is 11.6 Å². The molecule has 110 valence electrons. The summed E-state index contributed by atoms with van der Waals surface area (Å²) in [5.41, 5.74) is 0.992. The van der Waals surface area contributed by atoms with Gasteiger partial charge in [0.1, 0.15) is 0 Å². The van der Waals surface area contributed by atoms with Gasteiger partial charge in [0, 0.05) is 18.1 Å². The van der Waals surface area contributed by atoms with Crippen molar-refractivity contribution in [2.24, 2.45) is 0 Å². The summed E-state index contributed by atoms with van der Waals surface area (Å²) in [5, 5.41) is 4.07. The van der Waals surface area contributed by atoms with E-state index in [-0.39, 0.29) is 11.9 Å². The van der Waals surface area contributed by atoms with Gasteiger partial charge >= 0.3 is 0 Å². The van der Waals surface area contributed by atoms with Gasteiger partial charge in [-0.05, 0) is 31.4 Å². The molecule has 0 spiro atoms. The normalized spacial score (nSPS) is 17.1. The van der Waals surface area contributed by atoms with Crippen molar-refractivity contribution < 1.29 is 4.79 Å². The van der Waals surface area contributed by atoms with E-state index in [1.807, 2.05) is 38.2 Å². The Morgan fingerprint density at radius 2 is 2.05 bits per heavy atom. The minimum absolute atomic E-state index is 0.0124. The Morgan fingerprint density at radius 3 is 2.70 bits per heavy atom. The Hall–Kier alpha value is -1.06. The SMILES string of the molecule is CC(c1ccccc1Cl)N(C)C(=O)CNC1CCCC1. The van der Waals surface area contributed by atoms with E-state index in [9.17, 15) is 4.79 Å². The summed E-state index contributed by atoms with van der Waals surface area (Å²) in [6.45, 7) is 2.42. The fraction of sp³-hybridized carbons (Fsp3) is 0.562. The van der Waals surface area contributed by atoms with E-state index in [2.05, 4.69) is 5.32 Å². The van der Waals surface area contributed by atoms with Crippen LogP contribution in [0.25, 0.3) is 0 Å². The Balaban J connectivity index is 1.90. The third-order valence-electron chi connectivity index (χ3n) is 4.23. The van der Waals surface area contributed by atoms with Gasteiger partial charge in [-0.15, -0.1) is 0 Å². The molecular weight excluding hydrogens is 272 g/mol. The van der Waals surface area contributed by atoms with Crippen molar-refractivity contribution in [3.05, 3.63) is 34.9 Å². The van der Waals surface area contributed by atoms with Crippen LogP contribution in [0.1, 0.15) is 44.2 Å². The second kappa shape index (κ2) is 7.09. The van der Waals surface area contributed by atoms with Crippen molar-refractivity contribution in [1.82, 2.24) is 10.2 Å². The predicted molar refractivity (Wildman–Crippen MR) is 82.9 cm³/mol. The number of hydrogen-bond acceptors (Lipinski definition) is 2. The van der Waals surface area contributed by atoms with Crippen molar-refractivity contribution in [3.63, 3.8) is 0 Å². The third kappa shape index (κ3) is 3.74. The van der Waals surface area contributed by atoms with Crippen LogP contribution < -0.4 is 5.32 Å². The van der Waals surface area contributed by atoms with E-state index in [0.29, 0.717) is 17.6 Å². The second-order valence-corrected chi connectivity index (χ2v) is 5.97. The molecule has 0 bridgehead atoms. The topological polar surface area (TPSA) is 32.3 Å². The predicted octanol–water partition coefficient (Wildman–Crippen LogP) is 3.39. The number of hydrogen-bond donors (Lipinski definition) is 1. The summed E-state index contributed by atoms with van der Waals surface area (Å²) in [5.74, 6) is 0.115. The van der Waals surface area contributed by atoms with E-state index in [4.69, 9.17) is 11.6 Å². The average molecular weight is 295 g/mol. The minimum Gasteiger partial charge on any atom is -0.338 e. The molecule has 1 aliphatic carbocycles. The van der Waals surface area contributed by atoms with E-state index in [1.165, 1.54) is 25.7 Å². The smallest absolute Gasteiger partial charge is 0.236 e. The maximum Gasteiger partial charge on any atom is 0.236 e. The fourth-order valence-electron chi connectivity index (χ4n) is 2.72. The van der Waals surface area contributed by atoms with Crippen molar-refractivity contribution in [3.8, 4) is 0 Å². The van der Waals surface area contributed by atoms with Crippen LogP contribution in [0.15, 0.2) is 24.3 Å². The Kier molecular flexibility index (Phi) is 5.44. The molecule has 20 heavy (non-hydrogen) atoms. The number of amides is 1. The molecule has 1 unspecified atom stereocenters. The molecule has 1 N–H and O–H groups in total. The number of carbonyl (C=O) groups is 1. The molecule has 1 aromatic rings. The van der Waals surface area contributed by atoms with Crippen LogP contribution in [-0.2, 0) is 4.79 Å². The highest BCUT2D eigenvalue weighted by atomic mass is 35.5. The molecular formula is C16H23ClN2O. The highest BCUT2D eigenvalue weighted by Gasteiger charge is 2.21. The van der Waals surface area contributed by atoms with E-state index >= 15 is 0 Å². The first kappa shape index (κ1) is 15.3. The Morgan fingerprint density at radius 1 is 1.40 bits per heavy atom. The summed E-state index contributed by atoms with van der Waals surface area (Å²) in [7, 11) is 1.84. The zero-order valence-electron chi connectivity index (χ0n) is 12.2. The van der Waals surface area contributed by atoms with Crippen LogP contribution in [0.3, 0.4) is 0 Å². The van der Waals surface area contributed by atoms with Gasteiger partial charge in [-0.3, -0.25) is 4.79 Å². The van der Waals surface area contributed by atoms with Gasteiger partial charge in [0.05, 0.1) is 12.6 Å². The molecule has 1 saturated carbocycles. The quantitative estimate of drug-likeness (QED) is 0.903. The maximum absolute atomic E-state index is 12.2. The molecule has 0 radical (unpaired) electrons. The molecule has 3 nitrogen and oxygen atoms in total. The molecule has 0 aromatic heterocycles. The van der Waals surface area contributed by atoms with E-state index in [0.717, 1.165) is 5.56 Å².